The van der Waals surface area contributed by atoms with E-state index < -0.39 is 0 Å². The molecule has 0 amide bonds. The molecule has 4 heteroatoms. The van der Waals surface area contributed by atoms with E-state index in [9.17, 15) is 0 Å². The zero-order valence-electron chi connectivity index (χ0n) is 10.1. The van der Waals surface area contributed by atoms with Gasteiger partial charge in [0.05, 0.1) is 17.4 Å². The summed E-state index contributed by atoms with van der Waals surface area (Å²) in [4.78, 5) is 7.56. The van der Waals surface area contributed by atoms with Crippen LogP contribution >= 0.6 is 12.2 Å². The van der Waals surface area contributed by atoms with Crippen molar-refractivity contribution in [3.8, 4) is 5.69 Å². The van der Waals surface area contributed by atoms with Crippen molar-refractivity contribution in [3.05, 3.63) is 53.2 Å². The molecule has 2 heterocycles. The van der Waals surface area contributed by atoms with E-state index in [-0.39, 0.29) is 0 Å². The Bertz CT molecular complexity index is 755. The number of rotatable bonds is 2. The number of aromatic nitrogens is 3. The first-order valence-electron chi connectivity index (χ1n) is 5.94. The van der Waals surface area contributed by atoms with E-state index in [1.807, 2.05) is 35.2 Å². The van der Waals surface area contributed by atoms with Crippen molar-refractivity contribution in [2.45, 2.75) is 13.3 Å². The van der Waals surface area contributed by atoms with E-state index in [1.54, 1.807) is 0 Å². The molecule has 0 radical (unpaired) electrons. The zero-order valence-corrected chi connectivity index (χ0v) is 10.9. The number of aryl methyl sites for hydroxylation is 1. The van der Waals surface area contributed by atoms with Crippen LogP contribution in [0.1, 0.15) is 12.6 Å². The number of fused-ring (bicyclic) bond motifs is 1. The molecule has 3 rings (SSSR count). The van der Waals surface area contributed by atoms with Crippen LogP contribution in [-0.4, -0.2) is 14.5 Å². The summed E-state index contributed by atoms with van der Waals surface area (Å²) in [6.45, 7) is 2.11. The first kappa shape index (κ1) is 11.2. The number of H-pyrrole nitrogens is 1. The van der Waals surface area contributed by atoms with Gasteiger partial charge in [-0.2, -0.15) is 0 Å². The minimum absolute atomic E-state index is 0.712. The fraction of sp³-hybridized carbons (Fsp3) is 0.143. The lowest BCUT2D eigenvalue weighted by atomic mass is 10.2. The molecule has 3 aromatic rings. The Morgan fingerprint density at radius 2 is 2.17 bits per heavy atom. The van der Waals surface area contributed by atoms with Crippen LogP contribution in [0.15, 0.2) is 42.7 Å². The Balaban J connectivity index is 2.25. The molecule has 3 nitrogen and oxygen atoms in total. The van der Waals surface area contributed by atoms with Crippen LogP contribution in [0.3, 0.4) is 0 Å². The Labute approximate surface area is 110 Å². The lowest BCUT2D eigenvalue weighted by molar-refractivity contribution is 0.918. The molecule has 0 unspecified atom stereocenters. The third-order valence-corrected chi connectivity index (χ3v) is 3.35. The highest BCUT2D eigenvalue weighted by Crippen LogP contribution is 2.18. The van der Waals surface area contributed by atoms with Gasteiger partial charge in [0, 0.05) is 17.3 Å². The Kier molecular flexibility index (Phi) is 2.72. The fourth-order valence-electron chi connectivity index (χ4n) is 2.13. The largest absolute Gasteiger partial charge is 0.337 e. The maximum Gasteiger partial charge on any atom is 0.182 e. The highest BCUT2D eigenvalue weighted by molar-refractivity contribution is 7.71. The second-order valence-corrected chi connectivity index (χ2v) is 4.55. The predicted octanol–water partition coefficient (Wildman–Crippen LogP) is 3.65. The standard InChI is InChI=1S/C14H13N3S/c1-2-11-8-16-14(18)17(11)12-7-10-5-3-4-6-13(10)15-9-12/h3-9H,2H2,1H3,(H,16,18). The Hall–Kier alpha value is -1.94. The average molecular weight is 255 g/mol. The smallest absolute Gasteiger partial charge is 0.182 e. The SMILES string of the molecule is CCc1c[nH]c(=S)n1-c1cnc2ccccc2c1. The molecule has 0 atom stereocenters. The molecule has 90 valence electrons. The van der Waals surface area contributed by atoms with E-state index in [0.717, 1.165) is 28.7 Å². The van der Waals surface area contributed by atoms with Crippen LogP contribution in [0.5, 0.6) is 0 Å². The quantitative estimate of drug-likeness (QED) is 0.709. The van der Waals surface area contributed by atoms with E-state index in [1.165, 1.54) is 0 Å². The summed E-state index contributed by atoms with van der Waals surface area (Å²) < 4.78 is 2.75. The van der Waals surface area contributed by atoms with Crippen molar-refractivity contribution in [2.24, 2.45) is 0 Å². The summed E-state index contributed by atoms with van der Waals surface area (Å²) >= 11 is 5.32. The molecule has 2 aromatic heterocycles. The van der Waals surface area contributed by atoms with Gasteiger partial charge in [-0.1, -0.05) is 25.1 Å². The van der Waals surface area contributed by atoms with Crippen LogP contribution < -0.4 is 0 Å². The molecule has 0 aliphatic rings. The maximum atomic E-state index is 5.32. The van der Waals surface area contributed by atoms with Gasteiger partial charge in [0.2, 0.25) is 0 Å². The van der Waals surface area contributed by atoms with Gasteiger partial charge < -0.3 is 4.98 Å². The molecular weight excluding hydrogens is 242 g/mol. The van der Waals surface area contributed by atoms with Crippen molar-refractivity contribution < 1.29 is 0 Å². The second-order valence-electron chi connectivity index (χ2n) is 4.16. The van der Waals surface area contributed by atoms with Crippen LogP contribution in [0.25, 0.3) is 16.6 Å². The number of benzene rings is 1. The lowest BCUT2D eigenvalue weighted by Crippen LogP contribution is -1.99. The Morgan fingerprint density at radius 1 is 1.33 bits per heavy atom. The first-order chi connectivity index (χ1) is 8.79. The molecule has 0 spiro atoms. The first-order valence-corrected chi connectivity index (χ1v) is 6.35. The summed E-state index contributed by atoms with van der Waals surface area (Å²) in [6.07, 6.45) is 4.75. The van der Waals surface area contributed by atoms with Crippen LogP contribution in [-0.2, 0) is 6.42 Å². The minimum atomic E-state index is 0.712. The van der Waals surface area contributed by atoms with Crippen molar-refractivity contribution in [1.29, 1.82) is 0 Å². The summed E-state index contributed by atoms with van der Waals surface area (Å²) in [5.74, 6) is 0. The maximum absolute atomic E-state index is 5.32. The van der Waals surface area contributed by atoms with Crippen LogP contribution in [0.4, 0.5) is 0 Å². The van der Waals surface area contributed by atoms with Crippen molar-refractivity contribution >= 4 is 23.1 Å². The van der Waals surface area contributed by atoms with Gasteiger partial charge in [-0.05, 0) is 30.8 Å². The van der Waals surface area contributed by atoms with Gasteiger partial charge in [0.25, 0.3) is 0 Å². The van der Waals surface area contributed by atoms with Gasteiger partial charge in [0.1, 0.15) is 0 Å². The van der Waals surface area contributed by atoms with Crippen molar-refractivity contribution in [1.82, 2.24) is 14.5 Å². The minimum Gasteiger partial charge on any atom is -0.337 e. The number of nitrogens with one attached hydrogen (secondary N) is 1. The molecule has 1 N–H and O–H groups in total. The second kappa shape index (κ2) is 4.38. The number of hydrogen-bond donors (Lipinski definition) is 1. The zero-order chi connectivity index (χ0) is 12.5. The third kappa shape index (κ3) is 1.75. The lowest BCUT2D eigenvalue weighted by Gasteiger charge is -2.07. The third-order valence-electron chi connectivity index (χ3n) is 3.05. The van der Waals surface area contributed by atoms with Crippen LogP contribution in [0.2, 0.25) is 0 Å². The van der Waals surface area contributed by atoms with Gasteiger partial charge in [-0.3, -0.25) is 9.55 Å². The molecule has 0 bridgehead atoms. The summed E-state index contributed by atoms with van der Waals surface area (Å²) in [5.41, 5.74) is 3.18. The summed E-state index contributed by atoms with van der Waals surface area (Å²) in [6, 6.07) is 10.2. The Morgan fingerprint density at radius 3 is 3.00 bits per heavy atom. The number of para-hydroxylation sites is 1. The summed E-state index contributed by atoms with van der Waals surface area (Å²) in [5, 5.41) is 1.13. The van der Waals surface area contributed by atoms with E-state index >= 15 is 0 Å². The topological polar surface area (TPSA) is 33.6 Å². The summed E-state index contributed by atoms with van der Waals surface area (Å²) in [7, 11) is 0. The van der Waals surface area contributed by atoms with E-state index in [4.69, 9.17) is 12.2 Å². The number of aromatic amines is 1. The van der Waals surface area contributed by atoms with E-state index in [0.29, 0.717) is 4.77 Å². The number of imidazole rings is 1. The normalized spacial score (nSPS) is 10.9. The molecule has 18 heavy (non-hydrogen) atoms. The number of pyridine rings is 1. The number of nitrogens with zero attached hydrogens (tertiary/aromatic N) is 2. The van der Waals surface area contributed by atoms with Crippen LogP contribution in [0, 0.1) is 4.77 Å². The van der Waals surface area contributed by atoms with Gasteiger partial charge in [0.15, 0.2) is 4.77 Å². The van der Waals surface area contributed by atoms with Gasteiger partial charge >= 0.3 is 0 Å². The molecular formula is C14H13N3S. The highest BCUT2D eigenvalue weighted by atomic mass is 32.1. The molecule has 1 aromatic carbocycles. The molecule has 0 saturated heterocycles. The average Bonchev–Trinajstić information content (AvgIpc) is 2.79. The monoisotopic (exact) mass is 255 g/mol. The van der Waals surface area contributed by atoms with Crippen molar-refractivity contribution in [2.75, 3.05) is 0 Å². The van der Waals surface area contributed by atoms with Gasteiger partial charge in [-0.15, -0.1) is 0 Å². The molecule has 0 aliphatic heterocycles. The molecule has 0 fully saturated rings. The number of hydrogen-bond acceptors (Lipinski definition) is 2. The molecule has 0 aliphatic carbocycles. The van der Waals surface area contributed by atoms with Crippen molar-refractivity contribution in [3.63, 3.8) is 0 Å². The van der Waals surface area contributed by atoms with E-state index in [2.05, 4.69) is 29.0 Å². The van der Waals surface area contributed by atoms with Gasteiger partial charge in [-0.25, -0.2) is 0 Å². The predicted molar refractivity (Wildman–Crippen MR) is 75.6 cm³/mol. The fourth-order valence-corrected chi connectivity index (χ4v) is 2.41. The molecule has 0 saturated carbocycles. The highest BCUT2D eigenvalue weighted by Gasteiger charge is 2.05.